The van der Waals surface area contributed by atoms with Crippen molar-refractivity contribution in [2.45, 2.75) is 30.2 Å². The molecular formula is C13H19ClN2OS. The van der Waals surface area contributed by atoms with E-state index in [9.17, 15) is 4.79 Å². The van der Waals surface area contributed by atoms with Crippen LogP contribution in [0.5, 0.6) is 0 Å². The van der Waals surface area contributed by atoms with Crippen molar-refractivity contribution in [2.24, 2.45) is 5.73 Å². The van der Waals surface area contributed by atoms with E-state index in [2.05, 4.69) is 11.4 Å². The summed E-state index contributed by atoms with van der Waals surface area (Å²) in [7, 11) is 0. The minimum Gasteiger partial charge on any atom is -0.355 e. The van der Waals surface area contributed by atoms with Gasteiger partial charge in [-0.15, -0.1) is 24.2 Å². The number of benzene rings is 1. The zero-order valence-corrected chi connectivity index (χ0v) is 12.0. The Kier molecular flexibility index (Phi) is 5.99. The van der Waals surface area contributed by atoms with Crippen molar-refractivity contribution in [3.05, 3.63) is 29.8 Å². The van der Waals surface area contributed by atoms with Crippen LogP contribution >= 0.6 is 24.2 Å². The third-order valence-electron chi connectivity index (χ3n) is 2.92. The van der Waals surface area contributed by atoms with Crippen molar-refractivity contribution in [3.8, 4) is 0 Å². The molecule has 5 heteroatoms. The molecule has 1 aromatic carbocycles. The van der Waals surface area contributed by atoms with E-state index in [0.717, 1.165) is 17.7 Å². The molecule has 1 aliphatic rings. The monoisotopic (exact) mass is 286 g/mol. The van der Waals surface area contributed by atoms with Crippen LogP contribution in [0.15, 0.2) is 29.2 Å². The number of nitrogens with one attached hydrogen (secondary N) is 1. The van der Waals surface area contributed by atoms with Crippen LogP contribution in [0, 0.1) is 0 Å². The third-order valence-corrected chi connectivity index (χ3v) is 4.10. The van der Waals surface area contributed by atoms with Gasteiger partial charge < -0.3 is 11.1 Å². The number of carbonyl (C=O) groups excluding carboxylic acids is 1. The highest BCUT2D eigenvalue weighted by Crippen LogP contribution is 2.39. The second kappa shape index (κ2) is 7.02. The summed E-state index contributed by atoms with van der Waals surface area (Å²) < 4.78 is 0. The van der Waals surface area contributed by atoms with Gasteiger partial charge in [-0.05, 0) is 25.0 Å². The Morgan fingerprint density at radius 2 is 2.28 bits per heavy atom. The molecule has 1 aromatic rings. The molecule has 2 unspecified atom stereocenters. The number of hydrogen-bond acceptors (Lipinski definition) is 3. The molecule has 0 spiro atoms. The Morgan fingerprint density at radius 3 is 3.00 bits per heavy atom. The Balaban J connectivity index is 0.00000162. The SMILES string of the molecule is CC(N)CCNC(=O)C1CSc2ccccc21.Cl. The molecule has 0 aliphatic carbocycles. The highest BCUT2D eigenvalue weighted by Gasteiger charge is 2.28. The predicted molar refractivity (Wildman–Crippen MR) is 78.4 cm³/mol. The van der Waals surface area contributed by atoms with Gasteiger partial charge >= 0.3 is 0 Å². The predicted octanol–water partition coefficient (Wildman–Crippen LogP) is 2.15. The molecule has 2 rings (SSSR count). The number of rotatable bonds is 4. The number of carbonyl (C=O) groups is 1. The average molecular weight is 287 g/mol. The molecule has 3 N–H and O–H groups in total. The van der Waals surface area contributed by atoms with Crippen LogP contribution in [-0.2, 0) is 4.79 Å². The van der Waals surface area contributed by atoms with Gasteiger partial charge in [0.15, 0.2) is 0 Å². The lowest BCUT2D eigenvalue weighted by Gasteiger charge is -2.12. The normalized spacial score (nSPS) is 18.7. The van der Waals surface area contributed by atoms with Crippen LogP contribution in [0.3, 0.4) is 0 Å². The molecular weight excluding hydrogens is 268 g/mol. The first-order chi connectivity index (χ1) is 8.18. The fourth-order valence-corrected chi connectivity index (χ4v) is 3.15. The van der Waals surface area contributed by atoms with Crippen molar-refractivity contribution < 1.29 is 4.79 Å². The van der Waals surface area contributed by atoms with E-state index in [4.69, 9.17) is 5.73 Å². The van der Waals surface area contributed by atoms with Gasteiger partial charge in [0, 0.05) is 23.2 Å². The molecule has 1 aliphatic heterocycles. The minimum absolute atomic E-state index is 0. The number of halogens is 1. The molecule has 0 saturated carbocycles. The van der Waals surface area contributed by atoms with Gasteiger partial charge in [0.1, 0.15) is 0 Å². The van der Waals surface area contributed by atoms with Crippen LogP contribution in [0.2, 0.25) is 0 Å². The second-order valence-electron chi connectivity index (χ2n) is 4.46. The standard InChI is InChI=1S/C13H18N2OS.ClH/c1-9(14)6-7-15-13(16)11-8-17-12-5-3-2-4-10(11)12;/h2-5,9,11H,6-8,14H2,1H3,(H,15,16);1H. The first kappa shape index (κ1) is 15.3. The highest BCUT2D eigenvalue weighted by atomic mass is 35.5. The van der Waals surface area contributed by atoms with E-state index >= 15 is 0 Å². The number of amides is 1. The summed E-state index contributed by atoms with van der Waals surface area (Å²) in [6.45, 7) is 2.62. The first-order valence-electron chi connectivity index (χ1n) is 5.93. The summed E-state index contributed by atoms with van der Waals surface area (Å²) in [4.78, 5) is 13.3. The lowest BCUT2D eigenvalue weighted by atomic mass is 10.0. The van der Waals surface area contributed by atoms with Gasteiger partial charge in [0.05, 0.1) is 5.92 Å². The van der Waals surface area contributed by atoms with Crippen LogP contribution < -0.4 is 11.1 Å². The highest BCUT2D eigenvalue weighted by molar-refractivity contribution is 7.99. The Morgan fingerprint density at radius 1 is 1.56 bits per heavy atom. The fraction of sp³-hybridized carbons (Fsp3) is 0.462. The largest absolute Gasteiger partial charge is 0.355 e. The van der Waals surface area contributed by atoms with Crippen molar-refractivity contribution in [1.29, 1.82) is 0 Å². The molecule has 1 amide bonds. The van der Waals surface area contributed by atoms with E-state index in [1.54, 1.807) is 11.8 Å². The molecule has 3 nitrogen and oxygen atoms in total. The van der Waals surface area contributed by atoms with E-state index in [1.165, 1.54) is 4.90 Å². The second-order valence-corrected chi connectivity index (χ2v) is 5.52. The third kappa shape index (κ3) is 3.64. The zero-order chi connectivity index (χ0) is 12.3. The number of thioether (sulfide) groups is 1. The minimum atomic E-state index is 0. The van der Waals surface area contributed by atoms with E-state index < -0.39 is 0 Å². The van der Waals surface area contributed by atoms with E-state index in [-0.39, 0.29) is 30.3 Å². The van der Waals surface area contributed by atoms with Crippen molar-refractivity contribution in [2.75, 3.05) is 12.3 Å². The van der Waals surface area contributed by atoms with Gasteiger partial charge in [-0.2, -0.15) is 0 Å². The number of hydrogen-bond donors (Lipinski definition) is 2. The molecule has 0 aromatic heterocycles. The Bertz CT molecular complexity index is 412. The molecule has 18 heavy (non-hydrogen) atoms. The maximum atomic E-state index is 12.0. The average Bonchev–Trinajstić information content (AvgIpc) is 2.72. The van der Waals surface area contributed by atoms with Crippen molar-refractivity contribution in [3.63, 3.8) is 0 Å². The quantitative estimate of drug-likeness (QED) is 0.892. The summed E-state index contributed by atoms with van der Waals surface area (Å²) in [5.41, 5.74) is 6.82. The molecule has 100 valence electrons. The van der Waals surface area contributed by atoms with Gasteiger partial charge in [-0.1, -0.05) is 18.2 Å². The first-order valence-corrected chi connectivity index (χ1v) is 6.92. The van der Waals surface area contributed by atoms with Crippen LogP contribution in [0.25, 0.3) is 0 Å². The van der Waals surface area contributed by atoms with Gasteiger partial charge in [-0.3, -0.25) is 4.79 Å². The van der Waals surface area contributed by atoms with Gasteiger partial charge in [0.2, 0.25) is 5.91 Å². The maximum Gasteiger partial charge on any atom is 0.228 e. The fourth-order valence-electron chi connectivity index (χ4n) is 1.93. The topological polar surface area (TPSA) is 55.1 Å². The molecule has 0 bridgehead atoms. The molecule has 0 radical (unpaired) electrons. The van der Waals surface area contributed by atoms with E-state index in [1.807, 2.05) is 25.1 Å². The van der Waals surface area contributed by atoms with Crippen LogP contribution in [0.4, 0.5) is 0 Å². The molecule has 2 atom stereocenters. The van der Waals surface area contributed by atoms with Crippen LogP contribution in [0.1, 0.15) is 24.8 Å². The Hall–Kier alpha value is -0.710. The van der Waals surface area contributed by atoms with Crippen molar-refractivity contribution >= 4 is 30.1 Å². The lowest BCUT2D eigenvalue weighted by molar-refractivity contribution is -0.122. The zero-order valence-electron chi connectivity index (χ0n) is 10.4. The maximum absolute atomic E-state index is 12.0. The van der Waals surface area contributed by atoms with Crippen molar-refractivity contribution in [1.82, 2.24) is 5.32 Å². The van der Waals surface area contributed by atoms with Crippen LogP contribution in [-0.4, -0.2) is 24.2 Å². The molecule has 0 saturated heterocycles. The number of fused-ring (bicyclic) bond motifs is 1. The number of nitrogens with two attached hydrogens (primary N) is 1. The lowest BCUT2D eigenvalue weighted by Crippen LogP contribution is -2.32. The van der Waals surface area contributed by atoms with E-state index in [0.29, 0.717) is 6.54 Å². The smallest absolute Gasteiger partial charge is 0.228 e. The summed E-state index contributed by atoms with van der Waals surface area (Å²) in [5, 5.41) is 2.96. The Labute approximate surface area is 118 Å². The summed E-state index contributed by atoms with van der Waals surface area (Å²) in [5.74, 6) is 0.982. The van der Waals surface area contributed by atoms with Gasteiger partial charge in [-0.25, -0.2) is 0 Å². The summed E-state index contributed by atoms with van der Waals surface area (Å²) in [6, 6.07) is 8.27. The summed E-state index contributed by atoms with van der Waals surface area (Å²) >= 11 is 1.76. The molecule has 1 heterocycles. The molecule has 0 fully saturated rings. The summed E-state index contributed by atoms with van der Waals surface area (Å²) in [6.07, 6.45) is 0.827. The van der Waals surface area contributed by atoms with Gasteiger partial charge in [0.25, 0.3) is 0 Å².